The van der Waals surface area contributed by atoms with Gasteiger partial charge in [0.15, 0.2) is 0 Å². The van der Waals surface area contributed by atoms with Crippen molar-refractivity contribution in [3.8, 4) is 11.5 Å². The Bertz CT molecular complexity index is 598. The van der Waals surface area contributed by atoms with Crippen LogP contribution in [0.2, 0.25) is 5.02 Å². The molecule has 3 rings (SSSR count). The number of aromatic nitrogens is 2. The molecule has 0 unspecified atom stereocenters. The lowest BCUT2D eigenvalue weighted by atomic mass is 10.1. The Kier molecular flexibility index (Phi) is 1.79. The van der Waals surface area contributed by atoms with Crippen LogP contribution in [0.5, 0.6) is 0 Å². The van der Waals surface area contributed by atoms with Crippen LogP contribution in [0.25, 0.3) is 22.4 Å². The molecular formula is C11H7ClN2O. The van der Waals surface area contributed by atoms with Crippen molar-refractivity contribution in [1.29, 1.82) is 0 Å². The van der Waals surface area contributed by atoms with Crippen LogP contribution in [0.1, 0.15) is 0 Å². The fourth-order valence-electron chi connectivity index (χ4n) is 1.66. The summed E-state index contributed by atoms with van der Waals surface area (Å²) in [5, 5.41) is 1.72. The smallest absolute Gasteiger partial charge is 0.229 e. The summed E-state index contributed by atoms with van der Waals surface area (Å²) >= 11 is 6.13. The van der Waals surface area contributed by atoms with Gasteiger partial charge in [0, 0.05) is 11.6 Å². The quantitative estimate of drug-likeness (QED) is 0.680. The molecule has 4 heteroatoms. The van der Waals surface area contributed by atoms with Crippen molar-refractivity contribution < 1.29 is 4.42 Å². The first kappa shape index (κ1) is 8.56. The summed E-state index contributed by atoms with van der Waals surface area (Å²) in [7, 11) is 0. The van der Waals surface area contributed by atoms with Gasteiger partial charge >= 0.3 is 0 Å². The van der Waals surface area contributed by atoms with Crippen molar-refractivity contribution in [3.05, 3.63) is 41.9 Å². The second-order valence-corrected chi connectivity index (χ2v) is 3.61. The van der Waals surface area contributed by atoms with E-state index in [4.69, 9.17) is 16.0 Å². The second-order valence-electron chi connectivity index (χ2n) is 3.20. The van der Waals surface area contributed by atoms with E-state index in [1.54, 1.807) is 6.20 Å². The predicted octanol–water partition coefficient (Wildman–Crippen LogP) is 3.48. The fourth-order valence-corrected chi connectivity index (χ4v) is 1.90. The Morgan fingerprint density at radius 3 is 3.00 bits per heavy atom. The normalized spacial score (nSPS) is 11.0. The number of oxazole rings is 1. The molecule has 2 aromatic heterocycles. The number of fused-ring (bicyclic) bond motifs is 1. The minimum Gasteiger partial charge on any atom is -0.444 e. The maximum absolute atomic E-state index is 6.13. The number of H-pyrrole nitrogens is 1. The van der Waals surface area contributed by atoms with Gasteiger partial charge in [0.1, 0.15) is 6.26 Å². The first-order chi connectivity index (χ1) is 7.36. The average Bonchev–Trinajstić information content (AvgIpc) is 2.85. The topological polar surface area (TPSA) is 41.8 Å². The number of aromatic amines is 1. The average molecular weight is 219 g/mol. The molecular weight excluding hydrogens is 212 g/mol. The first-order valence-electron chi connectivity index (χ1n) is 4.52. The van der Waals surface area contributed by atoms with E-state index in [1.807, 2.05) is 24.4 Å². The summed E-state index contributed by atoms with van der Waals surface area (Å²) in [6, 6.07) is 5.79. The Morgan fingerprint density at radius 2 is 2.20 bits per heavy atom. The zero-order valence-corrected chi connectivity index (χ0v) is 8.45. The molecule has 3 nitrogen and oxygen atoms in total. The fraction of sp³-hybridized carbons (Fsp3) is 0. The molecule has 1 aromatic carbocycles. The Labute approximate surface area is 90.7 Å². The van der Waals surface area contributed by atoms with Crippen molar-refractivity contribution in [2.45, 2.75) is 0 Å². The Balaban J connectivity index is 2.41. The third-order valence-electron chi connectivity index (χ3n) is 2.32. The molecule has 74 valence electrons. The van der Waals surface area contributed by atoms with E-state index in [9.17, 15) is 0 Å². The zero-order chi connectivity index (χ0) is 10.3. The van der Waals surface area contributed by atoms with Crippen LogP contribution in [0, 0.1) is 0 Å². The van der Waals surface area contributed by atoms with Crippen LogP contribution in [0.15, 0.2) is 41.3 Å². The highest BCUT2D eigenvalue weighted by Crippen LogP contribution is 2.33. The molecule has 0 atom stereocenters. The lowest BCUT2D eigenvalue weighted by Crippen LogP contribution is -1.82. The third-order valence-corrected chi connectivity index (χ3v) is 2.64. The molecule has 2 heterocycles. The van der Waals surface area contributed by atoms with Crippen molar-refractivity contribution in [3.63, 3.8) is 0 Å². The first-order valence-corrected chi connectivity index (χ1v) is 4.89. The molecule has 0 fully saturated rings. The van der Waals surface area contributed by atoms with Crippen LogP contribution in [-0.2, 0) is 0 Å². The standard InChI is InChI=1S/C11H7ClN2O/c12-8-2-1-7-3-4-13-10(7)9(8)11-14-5-6-15-11/h1-6,13H. The largest absolute Gasteiger partial charge is 0.444 e. The lowest BCUT2D eigenvalue weighted by molar-refractivity contribution is 0.575. The van der Waals surface area contributed by atoms with E-state index in [0.717, 1.165) is 16.5 Å². The molecule has 0 radical (unpaired) electrons. The molecule has 0 amide bonds. The van der Waals surface area contributed by atoms with Gasteiger partial charge in [0.25, 0.3) is 0 Å². The summed E-state index contributed by atoms with van der Waals surface area (Å²) in [5.41, 5.74) is 1.76. The van der Waals surface area contributed by atoms with Gasteiger partial charge in [0.2, 0.25) is 5.89 Å². The van der Waals surface area contributed by atoms with E-state index in [1.165, 1.54) is 6.26 Å². The Hall–Kier alpha value is -1.74. The monoisotopic (exact) mass is 218 g/mol. The maximum Gasteiger partial charge on any atom is 0.229 e. The number of hydrogen-bond acceptors (Lipinski definition) is 2. The summed E-state index contributed by atoms with van der Waals surface area (Å²) in [5.74, 6) is 0.535. The lowest BCUT2D eigenvalue weighted by Gasteiger charge is -2.01. The summed E-state index contributed by atoms with van der Waals surface area (Å²) < 4.78 is 5.26. The van der Waals surface area contributed by atoms with Gasteiger partial charge in [-0.1, -0.05) is 17.7 Å². The van der Waals surface area contributed by atoms with E-state index >= 15 is 0 Å². The molecule has 3 aromatic rings. The third kappa shape index (κ3) is 1.24. The highest BCUT2D eigenvalue weighted by Gasteiger charge is 2.12. The molecule has 0 aliphatic carbocycles. The van der Waals surface area contributed by atoms with Gasteiger partial charge in [-0.3, -0.25) is 0 Å². The van der Waals surface area contributed by atoms with Gasteiger partial charge in [-0.2, -0.15) is 0 Å². The van der Waals surface area contributed by atoms with E-state index in [-0.39, 0.29) is 0 Å². The van der Waals surface area contributed by atoms with Crippen LogP contribution in [0.4, 0.5) is 0 Å². The number of rotatable bonds is 1. The number of benzene rings is 1. The number of hydrogen-bond donors (Lipinski definition) is 1. The van der Waals surface area contributed by atoms with E-state index in [2.05, 4.69) is 9.97 Å². The summed E-state index contributed by atoms with van der Waals surface area (Å²) in [6.07, 6.45) is 5.01. The molecule has 0 spiro atoms. The minimum absolute atomic E-state index is 0.535. The van der Waals surface area contributed by atoms with Gasteiger partial charge in [-0.15, -0.1) is 0 Å². The zero-order valence-electron chi connectivity index (χ0n) is 7.70. The molecule has 0 saturated carbocycles. The van der Waals surface area contributed by atoms with Crippen LogP contribution in [-0.4, -0.2) is 9.97 Å². The number of nitrogens with zero attached hydrogens (tertiary/aromatic N) is 1. The Morgan fingerprint density at radius 1 is 1.27 bits per heavy atom. The van der Waals surface area contributed by atoms with Crippen LogP contribution < -0.4 is 0 Å². The number of nitrogens with one attached hydrogen (secondary N) is 1. The minimum atomic E-state index is 0.535. The molecule has 15 heavy (non-hydrogen) atoms. The summed E-state index contributed by atoms with van der Waals surface area (Å²) in [4.78, 5) is 7.24. The van der Waals surface area contributed by atoms with Gasteiger partial charge in [0.05, 0.1) is 22.3 Å². The molecule has 0 aliphatic heterocycles. The van der Waals surface area contributed by atoms with Crippen molar-refractivity contribution >= 4 is 22.5 Å². The summed E-state index contributed by atoms with van der Waals surface area (Å²) in [6.45, 7) is 0. The predicted molar refractivity (Wildman–Crippen MR) is 58.8 cm³/mol. The van der Waals surface area contributed by atoms with Crippen LogP contribution in [0.3, 0.4) is 0 Å². The van der Waals surface area contributed by atoms with Crippen LogP contribution >= 0.6 is 11.6 Å². The molecule has 0 saturated heterocycles. The van der Waals surface area contributed by atoms with Gasteiger partial charge < -0.3 is 9.40 Å². The number of halogens is 1. The van der Waals surface area contributed by atoms with E-state index in [0.29, 0.717) is 10.9 Å². The SMILES string of the molecule is Clc1ccc2cc[nH]c2c1-c1ncco1. The van der Waals surface area contributed by atoms with Gasteiger partial charge in [-0.05, 0) is 12.1 Å². The van der Waals surface area contributed by atoms with Crippen molar-refractivity contribution in [2.75, 3.05) is 0 Å². The van der Waals surface area contributed by atoms with Gasteiger partial charge in [-0.25, -0.2) is 4.98 Å². The highest BCUT2D eigenvalue weighted by molar-refractivity contribution is 6.34. The maximum atomic E-state index is 6.13. The highest BCUT2D eigenvalue weighted by atomic mass is 35.5. The van der Waals surface area contributed by atoms with E-state index < -0.39 is 0 Å². The second kappa shape index (κ2) is 3.14. The van der Waals surface area contributed by atoms with Crippen molar-refractivity contribution in [1.82, 2.24) is 9.97 Å². The molecule has 0 aliphatic rings. The molecule has 1 N–H and O–H groups in total. The van der Waals surface area contributed by atoms with Crippen molar-refractivity contribution in [2.24, 2.45) is 0 Å². The molecule has 0 bridgehead atoms.